The fraction of sp³-hybridized carbons (Fsp3) is 0.227. The highest BCUT2D eigenvalue weighted by atomic mass is 32.1. The second kappa shape index (κ2) is 8.21. The number of phenols is 1. The minimum Gasteiger partial charge on any atom is -0.508 e. The number of rotatable bonds is 4. The summed E-state index contributed by atoms with van der Waals surface area (Å²) < 4.78 is 13.9. The Balaban J connectivity index is 1.35. The highest BCUT2D eigenvalue weighted by Crippen LogP contribution is 2.33. The quantitative estimate of drug-likeness (QED) is 0.562. The minimum absolute atomic E-state index is 0.0218. The van der Waals surface area contributed by atoms with Gasteiger partial charge in [0.05, 0.1) is 17.9 Å². The molecular weight excluding hydrogens is 433 g/mol. The summed E-state index contributed by atoms with van der Waals surface area (Å²) in [6, 6.07) is 9.01. The maximum absolute atomic E-state index is 13.9. The van der Waals surface area contributed by atoms with E-state index in [-0.39, 0.29) is 17.4 Å². The third kappa shape index (κ3) is 3.78. The highest BCUT2D eigenvalue weighted by molar-refractivity contribution is 7.14. The number of nitrogens with one attached hydrogen (secondary N) is 2. The Morgan fingerprint density at radius 2 is 2.00 bits per heavy atom. The van der Waals surface area contributed by atoms with Gasteiger partial charge in [-0.25, -0.2) is 9.37 Å². The number of piperazine rings is 1. The summed E-state index contributed by atoms with van der Waals surface area (Å²) in [5.41, 5.74) is 2.49. The van der Waals surface area contributed by atoms with Crippen molar-refractivity contribution in [1.82, 2.24) is 10.3 Å². The summed E-state index contributed by atoms with van der Waals surface area (Å²) in [5, 5.41) is 17.7. The fourth-order valence-corrected chi connectivity index (χ4v) is 4.71. The van der Waals surface area contributed by atoms with Crippen molar-refractivity contribution in [3.05, 3.63) is 64.4 Å². The average Bonchev–Trinajstić information content (AvgIpc) is 3.40. The molecule has 32 heavy (non-hydrogen) atoms. The van der Waals surface area contributed by atoms with Gasteiger partial charge in [0.1, 0.15) is 17.3 Å². The van der Waals surface area contributed by atoms with Crippen LogP contribution in [0.25, 0.3) is 0 Å². The molecule has 5 rings (SSSR count). The smallest absolute Gasteiger partial charge is 0.275 e. The zero-order chi connectivity index (χ0) is 22.2. The average molecular weight is 453 g/mol. The minimum atomic E-state index is -0.476. The first-order valence-electron chi connectivity index (χ1n) is 10.2. The van der Waals surface area contributed by atoms with Gasteiger partial charge in [-0.3, -0.25) is 14.5 Å². The Bertz CT molecular complexity index is 1210. The highest BCUT2D eigenvalue weighted by Gasteiger charge is 2.31. The number of carbonyl (C=O) groups excluding carboxylic acids is 2. The van der Waals surface area contributed by atoms with Crippen LogP contribution in [-0.4, -0.2) is 48.1 Å². The van der Waals surface area contributed by atoms with E-state index in [0.717, 1.165) is 37.4 Å². The van der Waals surface area contributed by atoms with Crippen molar-refractivity contribution in [2.45, 2.75) is 6.54 Å². The van der Waals surface area contributed by atoms with E-state index in [1.165, 1.54) is 40.5 Å². The van der Waals surface area contributed by atoms with Crippen molar-refractivity contribution < 1.29 is 19.1 Å². The van der Waals surface area contributed by atoms with E-state index in [1.54, 1.807) is 17.5 Å². The molecule has 1 aromatic heterocycles. The number of hydrogen-bond donors (Lipinski definition) is 3. The van der Waals surface area contributed by atoms with Crippen LogP contribution in [0.3, 0.4) is 0 Å². The molecule has 2 aliphatic heterocycles. The van der Waals surface area contributed by atoms with Gasteiger partial charge in [-0.05, 0) is 35.9 Å². The first-order valence-corrected chi connectivity index (χ1v) is 11.0. The van der Waals surface area contributed by atoms with Gasteiger partial charge < -0.3 is 20.6 Å². The van der Waals surface area contributed by atoms with Gasteiger partial charge in [-0.1, -0.05) is 6.07 Å². The Morgan fingerprint density at radius 1 is 1.19 bits per heavy atom. The second-order valence-electron chi connectivity index (χ2n) is 7.60. The monoisotopic (exact) mass is 453 g/mol. The zero-order valence-corrected chi connectivity index (χ0v) is 17.8. The molecule has 0 atom stereocenters. The first kappa shape index (κ1) is 20.4. The molecule has 2 amide bonds. The molecule has 3 heterocycles. The summed E-state index contributed by atoms with van der Waals surface area (Å²) in [6.07, 6.45) is 0. The van der Waals surface area contributed by atoms with Crippen molar-refractivity contribution in [1.29, 1.82) is 0 Å². The van der Waals surface area contributed by atoms with E-state index in [2.05, 4.69) is 20.5 Å². The van der Waals surface area contributed by atoms with Gasteiger partial charge in [-0.2, -0.15) is 0 Å². The molecule has 0 bridgehead atoms. The molecule has 2 aromatic carbocycles. The summed E-state index contributed by atoms with van der Waals surface area (Å²) in [7, 11) is 0. The molecule has 0 saturated carbocycles. The number of anilines is 3. The van der Waals surface area contributed by atoms with Crippen molar-refractivity contribution in [2.75, 3.05) is 41.3 Å². The molecule has 0 unspecified atom stereocenters. The summed E-state index contributed by atoms with van der Waals surface area (Å²) in [4.78, 5) is 33.5. The number of amides is 2. The number of aromatic hydroxyl groups is 1. The van der Waals surface area contributed by atoms with Gasteiger partial charge in [0.15, 0.2) is 5.13 Å². The summed E-state index contributed by atoms with van der Waals surface area (Å²) in [5.74, 6) is -1.17. The molecule has 2 aliphatic rings. The number of benzene rings is 2. The van der Waals surface area contributed by atoms with Crippen LogP contribution in [0.4, 0.5) is 20.9 Å². The van der Waals surface area contributed by atoms with Crippen LogP contribution in [0.2, 0.25) is 0 Å². The zero-order valence-electron chi connectivity index (χ0n) is 17.0. The molecule has 0 spiro atoms. The van der Waals surface area contributed by atoms with E-state index in [1.807, 2.05) is 0 Å². The third-order valence-corrected chi connectivity index (χ3v) is 6.38. The normalized spacial score (nSPS) is 15.7. The van der Waals surface area contributed by atoms with Gasteiger partial charge in [0.2, 0.25) is 0 Å². The topological polar surface area (TPSA) is 97.8 Å². The largest absolute Gasteiger partial charge is 0.508 e. The molecule has 3 N–H and O–H groups in total. The van der Waals surface area contributed by atoms with Crippen LogP contribution < -0.4 is 20.4 Å². The Kier molecular flexibility index (Phi) is 5.24. The molecule has 1 saturated heterocycles. The molecule has 10 heteroatoms. The molecular formula is C22H20FN5O3S. The Labute approximate surface area is 187 Å². The van der Waals surface area contributed by atoms with Crippen LogP contribution in [0.5, 0.6) is 5.75 Å². The maximum Gasteiger partial charge on any atom is 0.275 e. The maximum atomic E-state index is 13.9. The van der Waals surface area contributed by atoms with Crippen LogP contribution in [0.15, 0.2) is 41.8 Å². The number of fused-ring (bicyclic) bond motifs is 1. The third-order valence-electron chi connectivity index (χ3n) is 5.52. The van der Waals surface area contributed by atoms with Crippen LogP contribution >= 0.6 is 11.3 Å². The van der Waals surface area contributed by atoms with Gasteiger partial charge in [0, 0.05) is 37.1 Å². The van der Waals surface area contributed by atoms with Crippen molar-refractivity contribution in [3.8, 4) is 5.75 Å². The van der Waals surface area contributed by atoms with Crippen LogP contribution in [0, 0.1) is 5.82 Å². The lowest BCUT2D eigenvalue weighted by atomic mass is 10.1. The van der Waals surface area contributed by atoms with E-state index >= 15 is 0 Å². The number of phenolic OH excluding ortho intramolecular Hbond substituents is 1. The first-order chi connectivity index (χ1) is 15.5. The predicted octanol–water partition coefficient (Wildman–Crippen LogP) is 2.81. The summed E-state index contributed by atoms with van der Waals surface area (Å²) in [6.45, 7) is 3.44. The molecule has 8 nitrogen and oxygen atoms in total. The molecule has 3 aromatic rings. The van der Waals surface area contributed by atoms with Gasteiger partial charge >= 0.3 is 0 Å². The molecule has 164 valence electrons. The SMILES string of the molecule is O=C(Nc1cc(F)ccc1N1CCNCC1)c1csc(N2Cc3ccc(O)cc3C2=O)n1. The predicted molar refractivity (Wildman–Crippen MR) is 120 cm³/mol. The molecule has 1 fully saturated rings. The Hall–Kier alpha value is -3.50. The van der Waals surface area contributed by atoms with Gasteiger partial charge in [-0.15, -0.1) is 11.3 Å². The second-order valence-corrected chi connectivity index (χ2v) is 8.44. The lowest BCUT2D eigenvalue weighted by Crippen LogP contribution is -2.43. The summed E-state index contributed by atoms with van der Waals surface area (Å²) >= 11 is 1.18. The van der Waals surface area contributed by atoms with Crippen LogP contribution in [0.1, 0.15) is 26.4 Å². The number of halogens is 1. The Morgan fingerprint density at radius 3 is 2.81 bits per heavy atom. The van der Waals surface area contributed by atoms with Crippen molar-refractivity contribution >= 4 is 39.7 Å². The van der Waals surface area contributed by atoms with E-state index in [0.29, 0.717) is 22.9 Å². The number of carbonyl (C=O) groups is 2. The standard InChI is InChI=1S/C22H20FN5O3S/c23-14-2-4-19(27-7-5-24-6-8-27)17(9-14)25-20(30)18-12-32-22(26-18)28-11-13-1-3-15(29)10-16(13)21(28)31/h1-4,9-10,12,24,29H,5-8,11H2,(H,25,30). The fourth-order valence-electron chi connectivity index (χ4n) is 3.91. The number of thiazole rings is 1. The van der Waals surface area contributed by atoms with Crippen molar-refractivity contribution in [2.24, 2.45) is 0 Å². The lowest BCUT2D eigenvalue weighted by Gasteiger charge is -2.31. The van der Waals surface area contributed by atoms with E-state index < -0.39 is 11.7 Å². The molecule has 0 aliphatic carbocycles. The van der Waals surface area contributed by atoms with Gasteiger partial charge in [0.25, 0.3) is 11.8 Å². The molecule has 0 radical (unpaired) electrons. The van der Waals surface area contributed by atoms with Crippen molar-refractivity contribution in [3.63, 3.8) is 0 Å². The van der Waals surface area contributed by atoms with E-state index in [9.17, 15) is 19.1 Å². The van der Waals surface area contributed by atoms with E-state index in [4.69, 9.17) is 0 Å². The number of nitrogens with zero attached hydrogens (tertiary/aromatic N) is 3. The number of aromatic nitrogens is 1. The van der Waals surface area contributed by atoms with Crippen LogP contribution in [-0.2, 0) is 6.54 Å². The number of hydrogen-bond acceptors (Lipinski definition) is 7. The lowest BCUT2D eigenvalue weighted by molar-refractivity contribution is 0.0991.